The first-order valence-corrected chi connectivity index (χ1v) is 10.7. The largest absolute Gasteiger partial charge is 0.493 e. The van der Waals surface area contributed by atoms with Crippen LogP contribution in [0.15, 0.2) is 30.3 Å². The normalized spacial score (nSPS) is 19.1. The molecular weight excluding hydrogens is 450 g/mol. The lowest BCUT2D eigenvalue weighted by molar-refractivity contribution is -0.143. The number of alkyl halides is 6. The van der Waals surface area contributed by atoms with Gasteiger partial charge < -0.3 is 15.2 Å². The topological polar surface area (TPSA) is 57.4 Å². The van der Waals surface area contributed by atoms with Gasteiger partial charge in [0.1, 0.15) is 11.6 Å². The Morgan fingerprint density at radius 3 is 2.21 bits per heavy atom. The van der Waals surface area contributed by atoms with E-state index >= 15 is 0 Å². The van der Waals surface area contributed by atoms with Gasteiger partial charge >= 0.3 is 12.4 Å². The van der Waals surface area contributed by atoms with E-state index in [1.54, 1.807) is 6.07 Å². The Bertz CT molecular complexity index is 893. The van der Waals surface area contributed by atoms with E-state index < -0.39 is 29.2 Å². The minimum absolute atomic E-state index is 0.0129. The molecule has 3 rings (SSSR count). The van der Waals surface area contributed by atoms with Gasteiger partial charge in [-0.25, -0.2) is 4.98 Å². The maximum Gasteiger partial charge on any atom is 0.416 e. The van der Waals surface area contributed by atoms with Crippen molar-refractivity contribution in [1.29, 1.82) is 0 Å². The number of rotatable bonds is 8. The summed E-state index contributed by atoms with van der Waals surface area (Å²) in [4.78, 5) is 4.37. The van der Waals surface area contributed by atoms with Gasteiger partial charge in [-0.1, -0.05) is 6.42 Å². The molecule has 1 aromatic heterocycles. The van der Waals surface area contributed by atoms with Gasteiger partial charge in [0.2, 0.25) is 0 Å². The molecule has 0 spiro atoms. The van der Waals surface area contributed by atoms with Crippen LogP contribution >= 0.6 is 0 Å². The zero-order valence-corrected chi connectivity index (χ0v) is 18.1. The molecule has 0 bridgehead atoms. The first-order valence-electron chi connectivity index (χ1n) is 10.7. The number of aromatic nitrogens is 1. The van der Waals surface area contributed by atoms with Crippen LogP contribution in [0.4, 0.5) is 32.2 Å². The second kappa shape index (κ2) is 10.2. The SMILES string of the molecule is Cc1cc(N)nc(C[C@@H]2CCC[C@@H]2OCCCOc2cc(C(F)(F)F)cc(C(F)(F)F)c2)c1. The summed E-state index contributed by atoms with van der Waals surface area (Å²) in [7, 11) is 0. The number of hydrogen-bond acceptors (Lipinski definition) is 4. The number of ether oxygens (including phenoxy) is 2. The average Bonchev–Trinajstić information content (AvgIpc) is 3.12. The fraction of sp³-hybridized carbons (Fsp3) is 0.522. The Morgan fingerprint density at radius 1 is 0.939 bits per heavy atom. The van der Waals surface area contributed by atoms with Crippen LogP contribution in [0.2, 0.25) is 0 Å². The summed E-state index contributed by atoms with van der Waals surface area (Å²) < 4.78 is 88.7. The highest BCUT2D eigenvalue weighted by Crippen LogP contribution is 2.38. The van der Waals surface area contributed by atoms with Crippen molar-refractivity contribution in [3.8, 4) is 5.75 Å². The van der Waals surface area contributed by atoms with Crippen molar-refractivity contribution in [3.05, 3.63) is 52.7 Å². The molecule has 2 N–H and O–H groups in total. The van der Waals surface area contributed by atoms with Crippen molar-refractivity contribution in [2.75, 3.05) is 18.9 Å². The van der Waals surface area contributed by atoms with E-state index in [0.29, 0.717) is 24.4 Å². The van der Waals surface area contributed by atoms with Gasteiger partial charge in [-0.2, -0.15) is 26.3 Å². The van der Waals surface area contributed by atoms with Crippen LogP contribution in [0.5, 0.6) is 5.75 Å². The molecule has 10 heteroatoms. The summed E-state index contributed by atoms with van der Waals surface area (Å²) in [5.41, 5.74) is 4.95. The lowest BCUT2D eigenvalue weighted by atomic mass is 9.98. The van der Waals surface area contributed by atoms with Crippen molar-refractivity contribution in [2.24, 2.45) is 5.92 Å². The van der Waals surface area contributed by atoms with Gasteiger partial charge in [0, 0.05) is 12.1 Å². The van der Waals surface area contributed by atoms with Gasteiger partial charge in [-0.15, -0.1) is 0 Å². The highest BCUT2D eigenvalue weighted by molar-refractivity contribution is 5.37. The van der Waals surface area contributed by atoms with Crippen LogP contribution in [0.3, 0.4) is 0 Å². The maximum absolute atomic E-state index is 12.9. The van der Waals surface area contributed by atoms with Gasteiger partial charge in [0.25, 0.3) is 0 Å². The summed E-state index contributed by atoms with van der Waals surface area (Å²) in [6, 6.07) is 5.01. The van der Waals surface area contributed by atoms with Crippen molar-refractivity contribution >= 4 is 5.82 Å². The van der Waals surface area contributed by atoms with Gasteiger partial charge in [0.05, 0.1) is 30.4 Å². The Kier molecular flexibility index (Phi) is 7.76. The van der Waals surface area contributed by atoms with E-state index in [1.807, 2.05) is 13.0 Å². The van der Waals surface area contributed by atoms with Gasteiger partial charge in [-0.05, 0) is 68.0 Å². The highest BCUT2D eigenvalue weighted by Gasteiger charge is 2.37. The van der Waals surface area contributed by atoms with E-state index in [1.165, 1.54) is 0 Å². The first-order chi connectivity index (χ1) is 15.4. The quantitative estimate of drug-likeness (QED) is 0.364. The van der Waals surface area contributed by atoms with Gasteiger partial charge in [0.15, 0.2) is 0 Å². The number of nitrogen functional groups attached to an aromatic ring is 1. The number of anilines is 1. The highest BCUT2D eigenvalue weighted by atomic mass is 19.4. The number of halogens is 6. The van der Waals surface area contributed by atoms with Crippen molar-refractivity contribution in [1.82, 2.24) is 4.98 Å². The molecule has 2 aromatic rings. The molecule has 0 radical (unpaired) electrons. The molecule has 0 aliphatic heterocycles. The monoisotopic (exact) mass is 476 g/mol. The second-order valence-corrected chi connectivity index (χ2v) is 8.31. The van der Waals surface area contributed by atoms with Crippen molar-refractivity contribution in [2.45, 2.75) is 57.5 Å². The van der Waals surface area contributed by atoms with Crippen molar-refractivity contribution < 1.29 is 35.8 Å². The Morgan fingerprint density at radius 2 is 1.61 bits per heavy atom. The van der Waals surface area contributed by atoms with Crippen LogP contribution in [-0.2, 0) is 23.5 Å². The molecule has 2 atom stereocenters. The summed E-state index contributed by atoms with van der Waals surface area (Å²) in [6.07, 6.45) is -5.85. The number of aryl methyl sites for hydroxylation is 1. The lowest BCUT2D eigenvalue weighted by Crippen LogP contribution is -2.22. The first kappa shape index (κ1) is 25.1. The van der Waals surface area contributed by atoms with Gasteiger partial charge in [-0.3, -0.25) is 0 Å². The Labute approximate surface area is 188 Å². The second-order valence-electron chi connectivity index (χ2n) is 8.31. The minimum Gasteiger partial charge on any atom is -0.493 e. The molecule has 182 valence electrons. The van der Waals surface area contributed by atoms with Crippen molar-refractivity contribution in [3.63, 3.8) is 0 Å². The molecule has 0 amide bonds. The van der Waals surface area contributed by atoms with E-state index in [-0.39, 0.29) is 31.3 Å². The number of nitrogens with zero attached hydrogens (tertiary/aromatic N) is 1. The van der Waals surface area contributed by atoms with E-state index in [9.17, 15) is 26.3 Å². The predicted octanol–water partition coefficient (Wildman–Crippen LogP) is 6.21. The smallest absolute Gasteiger partial charge is 0.416 e. The van der Waals surface area contributed by atoms with Crippen LogP contribution in [0.1, 0.15) is 48.1 Å². The summed E-state index contributed by atoms with van der Waals surface area (Å²) in [6.45, 7) is 2.17. The molecule has 1 saturated carbocycles. The Hall–Kier alpha value is -2.49. The van der Waals surface area contributed by atoms with E-state index in [4.69, 9.17) is 15.2 Å². The summed E-state index contributed by atoms with van der Waals surface area (Å²) in [5, 5.41) is 0. The zero-order chi connectivity index (χ0) is 24.2. The van der Waals surface area contributed by atoms with E-state index in [2.05, 4.69) is 4.98 Å². The standard InChI is InChI=1S/C23H26F6N2O2/c1-14-8-18(31-21(30)9-14)10-15-4-2-5-20(15)33-7-3-6-32-19-12-16(22(24,25)26)11-17(13-19)23(27,28)29/h8-9,11-13,15,20H,2-7,10H2,1H3,(H2,30,31)/t15-,20-/m0/s1. The third kappa shape index (κ3) is 7.25. The fourth-order valence-electron chi connectivity index (χ4n) is 4.09. The molecule has 0 unspecified atom stereocenters. The minimum atomic E-state index is -4.91. The van der Waals surface area contributed by atoms with Crippen LogP contribution in [-0.4, -0.2) is 24.3 Å². The lowest BCUT2D eigenvalue weighted by Gasteiger charge is -2.20. The number of nitrogens with two attached hydrogens (primary N) is 1. The third-order valence-corrected chi connectivity index (χ3v) is 5.55. The molecule has 1 aliphatic rings. The van der Waals surface area contributed by atoms with Crippen LogP contribution in [0.25, 0.3) is 0 Å². The molecule has 1 fully saturated rings. The Balaban J connectivity index is 1.51. The maximum atomic E-state index is 12.9. The van der Waals surface area contributed by atoms with Crippen LogP contribution < -0.4 is 10.5 Å². The number of pyridine rings is 1. The predicted molar refractivity (Wildman–Crippen MR) is 111 cm³/mol. The summed E-state index contributed by atoms with van der Waals surface area (Å²) in [5.74, 6) is 0.275. The number of benzene rings is 1. The summed E-state index contributed by atoms with van der Waals surface area (Å²) >= 11 is 0. The van der Waals surface area contributed by atoms with Crippen LogP contribution in [0, 0.1) is 12.8 Å². The molecule has 1 aliphatic carbocycles. The number of hydrogen-bond donors (Lipinski definition) is 1. The fourth-order valence-corrected chi connectivity index (χ4v) is 4.09. The molecular formula is C23H26F6N2O2. The molecule has 33 heavy (non-hydrogen) atoms. The molecule has 1 heterocycles. The molecule has 4 nitrogen and oxygen atoms in total. The molecule has 1 aromatic carbocycles. The third-order valence-electron chi connectivity index (χ3n) is 5.55. The van der Waals surface area contributed by atoms with E-state index in [0.717, 1.165) is 36.9 Å². The molecule has 0 saturated heterocycles. The zero-order valence-electron chi connectivity index (χ0n) is 18.1. The average molecular weight is 476 g/mol.